The van der Waals surface area contributed by atoms with Gasteiger partial charge in [-0.15, -0.1) is 0 Å². The van der Waals surface area contributed by atoms with Gasteiger partial charge in [-0.05, 0) is 24.3 Å². The molecule has 98 valence electrons. The number of nitro groups is 1. The van der Waals surface area contributed by atoms with Crippen LogP contribution in [0.15, 0.2) is 12.1 Å². The van der Waals surface area contributed by atoms with Gasteiger partial charge in [-0.25, -0.2) is 4.98 Å². The van der Waals surface area contributed by atoms with E-state index in [9.17, 15) is 10.1 Å². The molecular weight excluding hydrogens is 232 g/mol. The first kappa shape index (κ1) is 12.6. The minimum atomic E-state index is -0.506. The van der Waals surface area contributed by atoms with Crippen molar-refractivity contribution < 1.29 is 4.92 Å². The predicted molar refractivity (Wildman–Crippen MR) is 70.5 cm³/mol. The predicted octanol–water partition coefficient (Wildman–Crippen LogP) is 2.05. The summed E-state index contributed by atoms with van der Waals surface area (Å²) in [6, 6.07) is 3.11. The quantitative estimate of drug-likeness (QED) is 0.641. The molecule has 2 heterocycles. The van der Waals surface area contributed by atoms with Crippen LogP contribution in [0.5, 0.6) is 0 Å². The summed E-state index contributed by atoms with van der Waals surface area (Å²) < 4.78 is 0. The van der Waals surface area contributed by atoms with Gasteiger partial charge in [0.05, 0.1) is 4.92 Å². The summed E-state index contributed by atoms with van der Waals surface area (Å²) in [5.74, 6) is 1.93. The second-order valence-electron chi connectivity index (χ2n) is 5.18. The molecule has 2 atom stereocenters. The van der Waals surface area contributed by atoms with E-state index in [4.69, 9.17) is 5.73 Å². The van der Waals surface area contributed by atoms with Gasteiger partial charge in [0.2, 0.25) is 5.82 Å². The standard InChI is InChI=1S/C12H18N4O2/c1-8-5-9(2)7-15(6-8)11-4-3-10(16(17)18)12(13)14-11/h3-4,8-9H,5-7H2,1-2H3,(H2,13,14). The maximum absolute atomic E-state index is 10.7. The van der Waals surface area contributed by atoms with Crippen molar-refractivity contribution in [3.8, 4) is 0 Å². The molecule has 6 heteroatoms. The summed E-state index contributed by atoms with van der Waals surface area (Å²) in [6.45, 7) is 6.26. The summed E-state index contributed by atoms with van der Waals surface area (Å²) in [7, 11) is 0. The molecule has 0 aliphatic carbocycles. The first-order valence-electron chi connectivity index (χ1n) is 6.13. The van der Waals surface area contributed by atoms with Crippen molar-refractivity contribution in [2.45, 2.75) is 20.3 Å². The molecule has 2 unspecified atom stereocenters. The molecule has 0 spiro atoms. The smallest absolute Gasteiger partial charge is 0.311 e. The molecule has 1 fully saturated rings. The van der Waals surface area contributed by atoms with Gasteiger partial charge >= 0.3 is 5.69 Å². The Balaban J connectivity index is 2.23. The fourth-order valence-electron chi connectivity index (χ4n) is 2.64. The maximum Gasteiger partial charge on any atom is 0.311 e. The van der Waals surface area contributed by atoms with Crippen LogP contribution in [0.1, 0.15) is 20.3 Å². The fraction of sp³-hybridized carbons (Fsp3) is 0.583. The van der Waals surface area contributed by atoms with Gasteiger partial charge in [0.25, 0.3) is 0 Å². The maximum atomic E-state index is 10.7. The summed E-state index contributed by atoms with van der Waals surface area (Å²) in [4.78, 5) is 16.5. The van der Waals surface area contributed by atoms with E-state index in [1.807, 2.05) is 0 Å². The van der Waals surface area contributed by atoms with Gasteiger partial charge in [-0.1, -0.05) is 13.8 Å². The van der Waals surface area contributed by atoms with Crippen LogP contribution in [0.25, 0.3) is 0 Å². The van der Waals surface area contributed by atoms with Gasteiger partial charge < -0.3 is 10.6 Å². The Morgan fingerprint density at radius 1 is 1.39 bits per heavy atom. The third-order valence-electron chi connectivity index (χ3n) is 3.28. The van der Waals surface area contributed by atoms with Crippen LogP contribution in [-0.2, 0) is 0 Å². The molecular formula is C12H18N4O2. The van der Waals surface area contributed by atoms with E-state index >= 15 is 0 Å². The zero-order chi connectivity index (χ0) is 13.3. The number of hydrogen-bond acceptors (Lipinski definition) is 5. The Bertz CT molecular complexity index is 453. The number of hydrogen-bond donors (Lipinski definition) is 1. The van der Waals surface area contributed by atoms with Crippen LogP contribution in [0.4, 0.5) is 17.3 Å². The van der Waals surface area contributed by atoms with Crippen LogP contribution < -0.4 is 10.6 Å². The zero-order valence-electron chi connectivity index (χ0n) is 10.7. The number of nitrogens with two attached hydrogens (primary N) is 1. The van der Waals surface area contributed by atoms with Gasteiger partial charge in [0, 0.05) is 19.2 Å². The molecule has 1 saturated heterocycles. The van der Waals surface area contributed by atoms with E-state index < -0.39 is 4.92 Å². The van der Waals surface area contributed by atoms with Gasteiger partial charge in [-0.2, -0.15) is 0 Å². The Hall–Kier alpha value is -1.85. The average Bonchev–Trinajstić information content (AvgIpc) is 2.26. The number of rotatable bonds is 2. The van der Waals surface area contributed by atoms with E-state index in [1.165, 1.54) is 12.5 Å². The van der Waals surface area contributed by atoms with Crippen LogP contribution >= 0.6 is 0 Å². The van der Waals surface area contributed by atoms with Gasteiger partial charge in [0.1, 0.15) is 5.82 Å². The summed E-state index contributed by atoms with van der Waals surface area (Å²) in [5.41, 5.74) is 5.49. The molecule has 18 heavy (non-hydrogen) atoms. The largest absolute Gasteiger partial charge is 0.378 e. The van der Waals surface area contributed by atoms with Crippen molar-refractivity contribution in [1.29, 1.82) is 0 Å². The third kappa shape index (κ3) is 2.52. The lowest BCUT2D eigenvalue weighted by molar-refractivity contribution is -0.384. The van der Waals surface area contributed by atoms with Crippen LogP contribution in [0, 0.1) is 22.0 Å². The van der Waals surface area contributed by atoms with Crippen molar-refractivity contribution in [3.63, 3.8) is 0 Å². The molecule has 1 aromatic rings. The molecule has 0 bridgehead atoms. The molecule has 1 aliphatic heterocycles. The second-order valence-corrected chi connectivity index (χ2v) is 5.18. The van der Waals surface area contributed by atoms with Crippen LogP contribution in [0.3, 0.4) is 0 Å². The Labute approximate surface area is 106 Å². The van der Waals surface area contributed by atoms with Crippen molar-refractivity contribution in [3.05, 3.63) is 22.2 Å². The molecule has 0 amide bonds. The number of anilines is 2. The highest BCUT2D eigenvalue weighted by atomic mass is 16.6. The van der Waals surface area contributed by atoms with Gasteiger partial charge in [-0.3, -0.25) is 10.1 Å². The van der Waals surface area contributed by atoms with Crippen LogP contribution in [0.2, 0.25) is 0 Å². The fourth-order valence-corrected chi connectivity index (χ4v) is 2.64. The number of pyridine rings is 1. The van der Waals surface area contributed by atoms with Crippen LogP contribution in [-0.4, -0.2) is 23.0 Å². The number of nitrogen functional groups attached to an aromatic ring is 1. The molecule has 6 nitrogen and oxygen atoms in total. The van der Waals surface area contributed by atoms with E-state index in [-0.39, 0.29) is 11.5 Å². The Morgan fingerprint density at radius 2 is 2.00 bits per heavy atom. The number of aromatic nitrogens is 1. The highest BCUT2D eigenvalue weighted by Gasteiger charge is 2.24. The van der Waals surface area contributed by atoms with E-state index in [0.717, 1.165) is 18.9 Å². The molecule has 1 aliphatic rings. The summed E-state index contributed by atoms with van der Waals surface area (Å²) in [6.07, 6.45) is 1.21. The highest BCUT2D eigenvalue weighted by molar-refractivity contribution is 5.58. The Kier molecular flexibility index (Phi) is 3.36. The first-order chi connectivity index (χ1) is 8.47. The number of nitrogens with zero attached hydrogens (tertiary/aromatic N) is 3. The van der Waals surface area contributed by atoms with E-state index in [0.29, 0.717) is 11.8 Å². The Morgan fingerprint density at radius 3 is 2.50 bits per heavy atom. The van der Waals surface area contributed by atoms with E-state index in [2.05, 4.69) is 23.7 Å². The lowest BCUT2D eigenvalue weighted by atomic mass is 9.92. The molecule has 2 rings (SSSR count). The summed E-state index contributed by atoms with van der Waals surface area (Å²) in [5, 5.41) is 10.7. The second kappa shape index (κ2) is 4.80. The van der Waals surface area contributed by atoms with E-state index in [1.54, 1.807) is 6.07 Å². The lowest BCUT2D eigenvalue weighted by Gasteiger charge is -2.35. The first-order valence-corrected chi connectivity index (χ1v) is 6.13. The minimum Gasteiger partial charge on any atom is -0.378 e. The van der Waals surface area contributed by atoms with Crippen molar-refractivity contribution in [2.75, 3.05) is 23.7 Å². The normalized spacial score (nSPS) is 24.0. The average molecular weight is 250 g/mol. The lowest BCUT2D eigenvalue weighted by Crippen LogP contribution is -2.39. The molecule has 0 saturated carbocycles. The van der Waals surface area contributed by atoms with Crippen molar-refractivity contribution >= 4 is 17.3 Å². The van der Waals surface area contributed by atoms with Crippen molar-refractivity contribution in [1.82, 2.24) is 4.98 Å². The SMILES string of the molecule is CC1CC(C)CN(c2ccc([N+](=O)[O-])c(N)n2)C1. The zero-order valence-corrected chi connectivity index (χ0v) is 10.7. The minimum absolute atomic E-state index is 0.0108. The highest BCUT2D eigenvalue weighted by Crippen LogP contribution is 2.28. The van der Waals surface area contributed by atoms with Crippen molar-refractivity contribution in [2.24, 2.45) is 11.8 Å². The monoisotopic (exact) mass is 250 g/mol. The summed E-state index contributed by atoms with van der Waals surface area (Å²) >= 11 is 0. The van der Waals surface area contributed by atoms with Gasteiger partial charge in [0.15, 0.2) is 0 Å². The number of piperidine rings is 1. The molecule has 2 N–H and O–H groups in total. The topological polar surface area (TPSA) is 85.3 Å². The molecule has 0 radical (unpaired) electrons. The molecule has 0 aromatic carbocycles. The molecule has 1 aromatic heterocycles. The third-order valence-corrected chi connectivity index (χ3v) is 3.28.